The zero-order valence-corrected chi connectivity index (χ0v) is 16.3. The molecule has 0 saturated carbocycles. The van der Waals surface area contributed by atoms with Gasteiger partial charge in [0.25, 0.3) is 0 Å². The van der Waals surface area contributed by atoms with Crippen LogP contribution in [0.4, 0.5) is 5.69 Å². The molecule has 26 heavy (non-hydrogen) atoms. The van der Waals surface area contributed by atoms with Gasteiger partial charge in [0, 0.05) is 31.3 Å². The van der Waals surface area contributed by atoms with Gasteiger partial charge >= 0.3 is 0 Å². The van der Waals surface area contributed by atoms with Gasteiger partial charge in [0.2, 0.25) is 10.0 Å². The molecule has 7 nitrogen and oxygen atoms in total. The number of rotatable bonds is 9. The van der Waals surface area contributed by atoms with Gasteiger partial charge in [0.05, 0.1) is 18.9 Å². The Morgan fingerprint density at radius 1 is 1.35 bits per heavy atom. The molecule has 0 radical (unpaired) electrons. The molecule has 0 aromatic heterocycles. The summed E-state index contributed by atoms with van der Waals surface area (Å²) in [6, 6.07) is 5.13. The summed E-state index contributed by atoms with van der Waals surface area (Å²) < 4.78 is 29.9. The van der Waals surface area contributed by atoms with Crippen LogP contribution in [0.3, 0.4) is 0 Å². The summed E-state index contributed by atoms with van der Waals surface area (Å²) in [5, 5.41) is 0. The van der Waals surface area contributed by atoms with Crippen LogP contribution in [0.5, 0.6) is 5.75 Å². The van der Waals surface area contributed by atoms with E-state index in [4.69, 9.17) is 10.5 Å². The third kappa shape index (κ3) is 6.59. The number of nitrogen functional groups attached to an aromatic ring is 1. The van der Waals surface area contributed by atoms with Crippen LogP contribution in [-0.2, 0) is 10.0 Å². The number of Topliss-reactive ketones (excluding diaryl/α,β-unsaturated/α-hetero) is 1. The number of methoxy groups -OCH3 is 1. The molecular formula is C18H29N3O4S. The zero-order chi connectivity index (χ0) is 19.2. The van der Waals surface area contributed by atoms with Gasteiger partial charge in [-0.3, -0.25) is 4.79 Å². The standard InChI is InChI=1S/C18H29N3O4S/c1-25-18-13-15(19)4-5-16(18)17(22)6-3-14-7-10-21(11-8-14)12-9-20-26(2,23)24/h4-5,13-14,20H,3,6-12,19H2,1-2H3. The fourth-order valence-electron chi connectivity index (χ4n) is 3.30. The van der Waals surface area contributed by atoms with Crippen molar-refractivity contribution in [2.24, 2.45) is 5.92 Å². The van der Waals surface area contributed by atoms with Gasteiger partial charge in [0.1, 0.15) is 5.75 Å². The molecule has 1 saturated heterocycles. The van der Waals surface area contributed by atoms with Crippen LogP contribution in [0.15, 0.2) is 18.2 Å². The average molecular weight is 384 g/mol. The lowest BCUT2D eigenvalue weighted by molar-refractivity contribution is 0.0960. The van der Waals surface area contributed by atoms with Crippen LogP contribution in [0.25, 0.3) is 0 Å². The molecule has 1 aliphatic rings. The molecule has 1 aliphatic heterocycles. The molecule has 0 bridgehead atoms. The number of nitrogens with zero attached hydrogens (tertiary/aromatic N) is 1. The van der Waals surface area contributed by atoms with E-state index in [0.717, 1.165) is 38.9 Å². The van der Waals surface area contributed by atoms with E-state index in [0.29, 0.717) is 35.9 Å². The predicted octanol–water partition coefficient (Wildman–Crippen LogP) is 1.50. The van der Waals surface area contributed by atoms with Crippen LogP contribution in [0, 0.1) is 5.92 Å². The monoisotopic (exact) mass is 383 g/mol. The first kappa shape index (κ1) is 20.7. The highest BCUT2D eigenvalue weighted by molar-refractivity contribution is 7.88. The quantitative estimate of drug-likeness (QED) is 0.495. The van der Waals surface area contributed by atoms with E-state index < -0.39 is 10.0 Å². The summed E-state index contributed by atoms with van der Waals surface area (Å²) >= 11 is 0. The Balaban J connectivity index is 1.74. The summed E-state index contributed by atoms with van der Waals surface area (Å²) in [4.78, 5) is 14.7. The summed E-state index contributed by atoms with van der Waals surface area (Å²) in [5.74, 6) is 1.14. The van der Waals surface area contributed by atoms with Gasteiger partial charge in [-0.05, 0) is 50.4 Å². The molecule has 0 unspecified atom stereocenters. The average Bonchev–Trinajstić information content (AvgIpc) is 2.59. The van der Waals surface area contributed by atoms with Gasteiger partial charge in [-0.25, -0.2) is 13.1 Å². The summed E-state index contributed by atoms with van der Waals surface area (Å²) in [7, 11) is -1.58. The second-order valence-electron chi connectivity index (χ2n) is 6.87. The number of benzene rings is 1. The molecule has 0 aliphatic carbocycles. The molecule has 2 rings (SSSR count). The van der Waals surface area contributed by atoms with Gasteiger partial charge in [-0.2, -0.15) is 0 Å². The first-order valence-corrected chi connectivity index (χ1v) is 10.8. The molecule has 3 N–H and O–H groups in total. The second kappa shape index (κ2) is 9.34. The van der Waals surface area contributed by atoms with Crippen molar-refractivity contribution in [2.75, 3.05) is 45.3 Å². The number of nitrogens with two attached hydrogens (primary N) is 1. The van der Waals surface area contributed by atoms with Crippen molar-refractivity contribution in [3.63, 3.8) is 0 Å². The lowest BCUT2D eigenvalue weighted by Crippen LogP contribution is -2.39. The molecule has 1 aromatic rings. The maximum absolute atomic E-state index is 12.5. The van der Waals surface area contributed by atoms with E-state index in [-0.39, 0.29) is 5.78 Å². The van der Waals surface area contributed by atoms with Crippen LogP contribution >= 0.6 is 0 Å². The largest absolute Gasteiger partial charge is 0.496 e. The molecule has 1 aromatic carbocycles. The molecule has 146 valence electrons. The Morgan fingerprint density at radius 3 is 2.65 bits per heavy atom. The van der Waals surface area contributed by atoms with Crippen LogP contribution < -0.4 is 15.2 Å². The molecule has 1 fully saturated rings. The van der Waals surface area contributed by atoms with Crippen molar-refractivity contribution in [2.45, 2.75) is 25.7 Å². The second-order valence-corrected chi connectivity index (χ2v) is 8.71. The third-order valence-corrected chi connectivity index (χ3v) is 5.53. The van der Waals surface area contributed by atoms with Crippen molar-refractivity contribution in [3.8, 4) is 5.75 Å². The number of piperidine rings is 1. The highest BCUT2D eigenvalue weighted by Crippen LogP contribution is 2.26. The van der Waals surface area contributed by atoms with Crippen molar-refractivity contribution in [1.29, 1.82) is 0 Å². The minimum atomic E-state index is -3.12. The number of anilines is 1. The summed E-state index contributed by atoms with van der Waals surface area (Å²) in [6.07, 6.45) is 4.60. The minimum absolute atomic E-state index is 0.0848. The van der Waals surface area contributed by atoms with Gasteiger partial charge in [0.15, 0.2) is 5.78 Å². The Bertz CT molecular complexity index is 713. The van der Waals surface area contributed by atoms with E-state index >= 15 is 0 Å². The van der Waals surface area contributed by atoms with Gasteiger partial charge < -0.3 is 15.4 Å². The predicted molar refractivity (Wildman–Crippen MR) is 103 cm³/mol. The molecular weight excluding hydrogens is 354 g/mol. The molecule has 0 spiro atoms. The fraction of sp³-hybridized carbons (Fsp3) is 0.611. The lowest BCUT2D eigenvalue weighted by Gasteiger charge is -2.31. The number of hydrogen-bond donors (Lipinski definition) is 2. The Kier molecular flexibility index (Phi) is 7.43. The molecule has 0 amide bonds. The number of nitrogens with one attached hydrogen (secondary N) is 1. The normalized spacial score (nSPS) is 16.5. The van der Waals surface area contributed by atoms with Crippen LogP contribution in [0.1, 0.15) is 36.0 Å². The fourth-order valence-corrected chi connectivity index (χ4v) is 3.76. The molecule has 8 heteroatoms. The van der Waals surface area contributed by atoms with Crippen LogP contribution in [-0.4, -0.2) is 58.6 Å². The Labute approximate surface area is 155 Å². The first-order chi connectivity index (χ1) is 12.3. The van der Waals surface area contributed by atoms with Crippen molar-refractivity contribution < 1.29 is 17.9 Å². The van der Waals surface area contributed by atoms with E-state index in [1.165, 1.54) is 6.26 Å². The topological polar surface area (TPSA) is 102 Å². The van der Waals surface area contributed by atoms with Crippen LogP contribution in [0.2, 0.25) is 0 Å². The highest BCUT2D eigenvalue weighted by Gasteiger charge is 2.21. The van der Waals surface area contributed by atoms with Crippen molar-refractivity contribution >= 4 is 21.5 Å². The lowest BCUT2D eigenvalue weighted by atomic mass is 9.90. The molecule has 0 atom stereocenters. The van der Waals surface area contributed by atoms with Crippen molar-refractivity contribution in [1.82, 2.24) is 9.62 Å². The highest BCUT2D eigenvalue weighted by atomic mass is 32.2. The maximum atomic E-state index is 12.5. The number of ether oxygens (including phenoxy) is 1. The van der Waals surface area contributed by atoms with Gasteiger partial charge in [-0.1, -0.05) is 0 Å². The molecule has 1 heterocycles. The maximum Gasteiger partial charge on any atom is 0.208 e. The summed E-state index contributed by atoms with van der Waals surface area (Å²) in [5.41, 5.74) is 6.90. The third-order valence-electron chi connectivity index (χ3n) is 4.81. The smallest absolute Gasteiger partial charge is 0.208 e. The number of likely N-dealkylation sites (tertiary alicyclic amines) is 1. The van der Waals surface area contributed by atoms with E-state index in [9.17, 15) is 13.2 Å². The number of carbonyl (C=O) groups is 1. The van der Waals surface area contributed by atoms with Crippen molar-refractivity contribution in [3.05, 3.63) is 23.8 Å². The zero-order valence-electron chi connectivity index (χ0n) is 15.5. The summed E-state index contributed by atoms with van der Waals surface area (Å²) in [6.45, 7) is 3.05. The Morgan fingerprint density at radius 2 is 2.04 bits per heavy atom. The number of carbonyl (C=O) groups excluding carboxylic acids is 1. The number of ketones is 1. The van der Waals surface area contributed by atoms with E-state index in [2.05, 4.69) is 9.62 Å². The Hall–Kier alpha value is -1.64. The van der Waals surface area contributed by atoms with E-state index in [1.54, 1.807) is 25.3 Å². The number of sulfonamides is 1. The minimum Gasteiger partial charge on any atom is -0.496 e. The SMILES string of the molecule is COc1cc(N)ccc1C(=O)CCC1CCN(CCNS(C)(=O)=O)CC1. The van der Waals surface area contributed by atoms with E-state index in [1.807, 2.05) is 0 Å². The first-order valence-electron chi connectivity index (χ1n) is 8.92. The number of hydrogen-bond acceptors (Lipinski definition) is 6. The van der Waals surface area contributed by atoms with Gasteiger partial charge in [-0.15, -0.1) is 0 Å².